The Balaban J connectivity index is 2.22. The first-order valence-corrected chi connectivity index (χ1v) is 5.53. The molecule has 1 aliphatic heterocycles. The van der Waals surface area contributed by atoms with Gasteiger partial charge in [0.05, 0.1) is 6.61 Å². The lowest BCUT2D eigenvalue weighted by Gasteiger charge is -2.37. The van der Waals surface area contributed by atoms with Gasteiger partial charge in [-0.05, 0) is 14.1 Å². The van der Waals surface area contributed by atoms with E-state index in [9.17, 15) is 4.79 Å². The van der Waals surface area contributed by atoms with Crippen LogP contribution in [-0.4, -0.2) is 80.5 Å². The number of ether oxygens (including phenoxy) is 1. The van der Waals surface area contributed by atoms with Crippen LogP contribution in [0, 0.1) is 0 Å². The molecule has 0 spiro atoms. The number of piperazine rings is 1. The van der Waals surface area contributed by atoms with Gasteiger partial charge < -0.3 is 20.1 Å². The van der Waals surface area contributed by atoms with Crippen molar-refractivity contribution in [3.8, 4) is 0 Å². The Morgan fingerprint density at radius 1 is 1.50 bits per heavy atom. The van der Waals surface area contributed by atoms with Crippen LogP contribution in [0.25, 0.3) is 0 Å². The van der Waals surface area contributed by atoms with Crippen molar-refractivity contribution in [2.24, 2.45) is 0 Å². The molecule has 1 aliphatic rings. The molecule has 0 saturated carbocycles. The van der Waals surface area contributed by atoms with Crippen molar-refractivity contribution in [2.75, 3.05) is 53.5 Å². The smallest absolute Gasteiger partial charge is 0.407 e. The summed E-state index contributed by atoms with van der Waals surface area (Å²) < 4.78 is 4.71. The minimum atomic E-state index is -0.462. The standard InChI is InChI=1S/C10H21N3O3/c1-12-3-4-13(2)9(8-12)7-11-10(15)16-6-5-14/h9,14H,3-8H2,1-2H3,(H,11,15). The zero-order valence-electron chi connectivity index (χ0n) is 9.98. The van der Waals surface area contributed by atoms with Crippen LogP contribution in [0.4, 0.5) is 4.79 Å². The largest absolute Gasteiger partial charge is 0.447 e. The summed E-state index contributed by atoms with van der Waals surface area (Å²) in [5.41, 5.74) is 0. The van der Waals surface area contributed by atoms with E-state index in [0.29, 0.717) is 12.6 Å². The molecule has 1 saturated heterocycles. The van der Waals surface area contributed by atoms with E-state index in [1.54, 1.807) is 0 Å². The van der Waals surface area contributed by atoms with Crippen molar-refractivity contribution >= 4 is 6.09 Å². The maximum Gasteiger partial charge on any atom is 0.407 e. The highest BCUT2D eigenvalue weighted by atomic mass is 16.6. The average Bonchev–Trinajstić information content (AvgIpc) is 2.27. The van der Waals surface area contributed by atoms with E-state index >= 15 is 0 Å². The molecule has 1 atom stereocenters. The summed E-state index contributed by atoms with van der Waals surface area (Å²) in [6.07, 6.45) is -0.462. The molecule has 16 heavy (non-hydrogen) atoms. The molecule has 1 fully saturated rings. The second-order valence-corrected chi connectivity index (χ2v) is 4.14. The zero-order chi connectivity index (χ0) is 12.0. The van der Waals surface area contributed by atoms with Crippen LogP contribution < -0.4 is 5.32 Å². The summed E-state index contributed by atoms with van der Waals surface area (Å²) >= 11 is 0. The average molecular weight is 231 g/mol. The fourth-order valence-electron chi connectivity index (χ4n) is 1.71. The number of nitrogens with one attached hydrogen (secondary N) is 1. The third-order valence-electron chi connectivity index (χ3n) is 2.79. The molecule has 0 radical (unpaired) electrons. The van der Waals surface area contributed by atoms with Crippen molar-refractivity contribution in [3.05, 3.63) is 0 Å². The number of alkyl carbamates (subject to hydrolysis) is 1. The van der Waals surface area contributed by atoms with Gasteiger partial charge in [-0.1, -0.05) is 0 Å². The van der Waals surface area contributed by atoms with Crippen molar-refractivity contribution in [2.45, 2.75) is 6.04 Å². The quantitative estimate of drug-likeness (QED) is 0.646. The van der Waals surface area contributed by atoms with Gasteiger partial charge in [0, 0.05) is 32.2 Å². The molecule has 0 aromatic rings. The number of carbonyl (C=O) groups excluding carboxylic acids is 1. The van der Waals surface area contributed by atoms with Gasteiger partial charge in [-0.3, -0.25) is 4.90 Å². The van der Waals surface area contributed by atoms with Crippen molar-refractivity contribution < 1.29 is 14.6 Å². The fourth-order valence-corrected chi connectivity index (χ4v) is 1.71. The predicted octanol–water partition coefficient (Wildman–Crippen LogP) is -1.05. The van der Waals surface area contributed by atoms with E-state index in [-0.39, 0.29) is 13.2 Å². The minimum absolute atomic E-state index is 0.0479. The van der Waals surface area contributed by atoms with Crippen LogP contribution >= 0.6 is 0 Å². The molecule has 0 aromatic carbocycles. The first kappa shape index (κ1) is 13.2. The van der Waals surface area contributed by atoms with Crippen molar-refractivity contribution in [3.63, 3.8) is 0 Å². The zero-order valence-corrected chi connectivity index (χ0v) is 9.98. The van der Waals surface area contributed by atoms with E-state index in [4.69, 9.17) is 9.84 Å². The van der Waals surface area contributed by atoms with Gasteiger partial charge in [0.1, 0.15) is 6.61 Å². The first-order chi connectivity index (χ1) is 7.63. The Morgan fingerprint density at radius 2 is 2.25 bits per heavy atom. The van der Waals surface area contributed by atoms with E-state index in [1.807, 2.05) is 0 Å². The molecule has 0 aromatic heterocycles. The summed E-state index contributed by atoms with van der Waals surface area (Å²) in [6.45, 7) is 3.49. The van der Waals surface area contributed by atoms with Crippen LogP contribution in [0.3, 0.4) is 0 Å². The van der Waals surface area contributed by atoms with Crippen LogP contribution in [0.15, 0.2) is 0 Å². The van der Waals surface area contributed by atoms with Gasteiger partial charge in [0.25, 0.3) is 0 Å². The number of carbonyl (C=O) groups is 1. The highest BCUT2D eigenvalue weighted by molar-refractivity contribution is 5.67. The lowest BCUT2D eigenvalue weighted by Crippen LogP contribution is -2.54. The molecule has 2 N–H and O–H groups in total. The monoisotopic (exact) mass is 231 g/mol. The fraction of sp³-hybridized carbons (Fsp3) is 0.900. The molecular weight excluding hydrogens is 210 g/mol. The highest BCUT2D eigenvalue weighted by Gasteiger charge is 2.22. The number of nitrogens with zero attached hydrogens (tertiary/aromatic N) is 2. The Bertz CT molecular complexity index is 225. The van der Waals surface area contributed by atoms with Crippen LogP contribution in [-0.2, 0) is 4.74 Å². The van der Waals surface area contributed by atoms with Gasteiger partial charge in [0.2, 0.25) is 0 Å². The number of aliphatic hydroxyl groups is 1. The molecule has 1 unspecified atom stereocenters. The molecule has 1 amide bonds. The van der Waals surface area contributed by atoms with E-state index < -0.39 is 6.09 Å². The number of amides is 1. The first-order valence-electron chi connectivity index (χ1n) is 5.53. The molecule has 94 valence electrons. The third-order valence-corrected chi connectivity index (χ3v) is 2.79. The number of aliphatic hydroxyl groups excluding tert-OH is 1. The van der Waals surface area contributed by atoms with Crippen molar-refractivity contribution in [1.29, 1.82) is 0 Å². The molecule has 0 bridgehead atoms. The van der Waals surface area contributed by atoms with Crippen LogP contribution in [0.2, 0.25) is 0 Å². The Labute approximate surface area is 96.2 Å². The Kier molecular flexibility index (Phi) is 5.51. The second kappa shape index (κ2) is 6.67. The number of hydrogen-bond donors (Lipinski definition) is 2. The van der Waals surface area contributed by atoms with Gasteiger partial charge in [-0.2, -0.15) is 0 Å². The molecule has 6 nitrogen and oxygen atoms in total. The molecule has 1 heterocycles. The predicted molar refractivity (Wildman–Crippen MR) is 60.4 cm³/mol. The lowest BCUT2D eigenvalue weighted by atomic mass is 10.2. The van der Waals surface area contributed by atoms with Crippen LogP contribution in [0.1, 0.15) is 0 Å². The van der Waals surface area contributed by atoms with Gasteiger partial charge in [-0.15, -0.1) is 0 Å². The van der Waals surface area contributed by atoms with Crippen LogP contribution in [0.5, 0.6) is 0 Å². The summed E-state index contributed by atoms with van der Waals surface area (Å²) in [5, 5.41) is 11.2. The summed E-state index contributed by atoms with van der Waals surface area (Å²) in [7, 11) is 4.13. The van der Waals surface area contributed by atoms with E-state index in [2.05, 4.69) is 29.2 Å². The number of hydrogen-bond acceptors (Lipinski definition) is 5. The molecule has 0 aliphatic carbocycles. The molecule has 1 rings (SSSR count). The number of rotatable bonds is 4. The summed E-state index contributed by atoms with van der Waals surface area (Å²) in [6, 6.07) is 0.320. The SMILES string of the molecule is CN1CCN(C)C(CNC(=O)OCCO)C1. The number of likely N-dealkylation sites (N-methyl/N-ethyl adjacent to an activating group) is 2. The second-order valence-electron chi connectivity index (χ2n) is 4.14. The summed E-state index contributed by atoms with van der Waals surface area (Å²) in [5.74, 6) is 0. The normalized spacial score (nSPS) is 23.1. The maximum atomic E-state index is 11.2. The van der Waals surface area contributed by atoms with Gasteiger partial charge in [-0.25, -0.2) is 4.79 Å². The van der Waals surface area contributed by atoms with Crippen molar-refractivity contribution in [1.82, 2.24) is 15.1 Å². The minimum Gasteiger partial charge on any atom is -0.447 e. The van der Waals surface area contributed by atoms with E-state index in [0.717, 1.165) is 19.6 Å². The highest BCUT2D eigenvalue weighted by Crippen LogP contribution is 2.04. The lowest BCUT2D eigenvalue weighted by molar-refractivity contribution is 0.0987. The summed E-state index contributed by atoms with van der Waals surface area (Å²) in [4.78, 5) is 15.6. The third kappa shape index (κ3) is 4.34. The van der Waals surface area contributed by atoms with Gasteiger partial charge >= 0.3 is 6.09 Å². The van der Waals surface area contributed by atoms with Gasteiger partial charge in [0.15, 0.2) is 0 Å². The maximum absolute atomic E-state index is 11.2. The molecular formula is C10H21N3O3. The Hall–Kier alpha value is -0.850. The van der Waals surface area contributed by atoms with E-state index in [1.165, 1.54) is 0 Å². The molecule has 6 heteroatoms. The Morgan fingerprint density at radius 3 is 2.94 bits per heavy atom. The topological polar surface area (TPSA) is 65.0 Å².